The molecule has 0 aromatic heterocycles. The van der Waals surface area contributed by atoms with E-state index in [0.29, 0.717) is 24.6 Å². The van der Waals surface area contributed by atoms with Gasteiger partial charge in [-0.3, -0.25) is 4.99 Å². The number of benzene rings is 1. The first-order chi connectivity index (χ1) is 11.6. The Bertz CT molecular complexity index is 749. The van der Waals surface area contributed by atoms with E-state index in [4.69, 9.17) is 0 Å². The molecule has 148 valence electrons. The molecule has 8 heteroatoms. The molecule has 26 heavy (non-hydrogen) atoms. The third-order valence-corrected chi connectivity index (χ3v) is 5.63. The van der Waals surface area contributed by atoms with Crippen LogP contribution in [0.2, 0.25) is 0 Å². The molecule has 0 saturated heterocycles. The highest BCUT2D eigenvalue weighted by molar-refractivity contribution is 14.0. The molecule has 0 aliphatic heterocycles. The zero-order valence-corrected chi connectivity index (χ0v) is 18.9. The lowest BCUT2D eigenvalue weighted by atomic mass is 10.1. The molecule has 1 atom stereocenters. The Morgan fingerprint density at radius 1 is 1.38 bits per heavy atom. The topological polar surface area (TPSA) is 70.6 Å². The summed E-state index contributed by atoms with van der Waals surface area (Å²) in [6.45, 7) is 6.82. The van der Waals surface area contributed by atoms with Crippen LogP contribution in [0, 0.1) is 18.2 Å². The number of hydrogen-bond donors (Lipinski definition) is 2. The Morgan fingerprint density at radius 3 is 2.54 bits per heavy atom. The Morgan fingerprint density at radius 2 is 2.04 bits per heavy atom. The highest BCUT2D eigenvalue weighted by Crippen LogP contribution is 2.46. The number of aryl methyl sites for hydroxylation is 1. The fourth-order valence-corrected chi connectivity index (χ4v) is 4.31. The van der Waals surface area contributed by atoms with Gasteiger partial charge >= 0.3 is 0 Å². The van der Waals surface area contributed by atoms with Crippen molar-refractivity contribution in [3.8, 4) is 0 Å². The van der Waals surface area contributed by atoms with Crippen LogP contribution < -0.4 is 10.6 Å². The second-order valence-corrected chi connectivity index (χ2v) is 9.28. The summed E-state index contributed by atoms with van der Waals surface area (Å²) in [6, 6.07) is 5.07. The molecule has 1 aliphatic rings. The van der Waals surface area contributed by atoms with Gasteiger partial charge in [-0.1, -0.05) is 12.1 Å². The van der Waals surface area contributed by atoms with Crippen molar-refractivity contribution in [3.05, 3.63) is 35.1 Å². The summed E-state index contributed by atoms with van der Waals surface area (Å²) in [7, 11) is -3.01. The monoisotopic (exact) mass is 497 g/mol. The molecule has 0 amide bonds. The molecule has 5 nitrogen and oxygen atoms in total. The fourth-order valence-electron chi connectivity index (χ4n) is 2.81. The molecular formula is C18H29FIN3O2S. The average Bonchev–Trinajstić information content (AvgIpc) is 3.25. The van der Waals surface area contributed by atoms with Crippen LogP contribution in [-0.2, 0) is 9.84 Å². The average molecular weight is 497 g/mol. The third kappa shape index (κ3) is 7.02. The van der Waals surface area contributed by atoms with Gasteiger partial charge < -0.3 is 10.6 Å². The van der Waals surface area contributed by atoms with Crippen molar-refractivity contribution in [2.75, 3.05) is 25.1 Å². The van der Waals surface area contributed by atoms with Crippen LogP contribution in [0.1, 0.15) is 43.9 Å². The van der Waals surface area contributed by atoms with Gasteiger partial charge in [-0.15, -0.1) is 24.0 Å². The van der Waals surface area contributed by atoms with E-state index < -0.39 is 9.84 Å². The summed E-state index contributed by atoms with van der Waals surface area (Å²) >= 11 is 0. The first-order valence-corrected chi connectivity index (χ1v) is 10.7. The van der Waals surface area contributed by atoms with Gasteiger partial charge in [0, 0.05) is 24.8 Å². The van der Waals surface area contributed by atoms with Crippen LogP contribution in [0.15, 0.2) is 23.2 Å². The number of guanidine groups is 1. The van der Waals surface area contributed by atoms with Gasteiger partial charge in [0.05, 0.1) is 11.8 Å². The lowest BCUT2D eigenvalue weighted by Crippen LogP contribution is -2.39. The number of halogens is 2. The summed E-state index contributed by atoms with van der Waals surface area (Å²) in [5, 5.41) is 6.43. The maximum Gasteiger partial charge on any atom is 0.191 e. The van der Waals surface area contributed by atoms with E-state index in [2.05, 4.69) is 15.6 Å². The Labute approximate surface area is 173 Å². The summed E-state index contributed by atoms with van der Waals surface area (Å²) in [5.41, 5.74) is 1.24. The molecule has 0 spiro atoms. The molecule has 0 bridgehead atoms. The quantitative estimate of drug-likeness (QED) is 0.345. The predicted molar refractivity (Wildman–Crippen MR) is 115 cm³/mol. The highest BCUT2D eigenvalue weighted by Gasteiger charge is 2.45. The second-order valence-electron chi connectivity index (χ2n) is 7.14. The van der Waals surface area contributed by atoms with Crippen LogP contribution in [0.3, 0.4) is 0 Å². The van der Waals surface area contributed by atoms with Crippen LogP contribution in [0.25, 0.3) is 0 Å². The number of sulfone groups is 1. The van der Waals surface area contributed by atoms with E-state index in [-0.39, 0.29) is 47.0 Å². The summed E-state index contributed by atoms with van der Waals surface area (Å²) in [4.78, 5) is 4.57. The molecule has 1 fully saturated rings. The van der Waals surface area contributed by atoms with Crippen molar-refractivity contribution in [1.29, 1.82) is 0 Å². The van der Waals surface area contributed by atoms with Gasteiger partial charge in [0.2, 0.25) is 0 Å². The van der Waals surface area contributed by atoms with Crippen LogP contribution in [0.5, 0.6) is 0 Å². The molecule has 1 aromatic carbocycles. The predicted octanol–water partition coefficient (Wildman–Crippen LogP) is 3.19. The van der Waals surface area contributed by atoms with Gasteiger partial charge in [0.15, 0.2) is 5.96 Å². The SMILES string of the molecule is CCNC(=NCC1(CS(C)(=O)=O)CC1)NC(C)c1ccc(C)c(F)c1.I. The largest absolute Gasteiger partial charge is 0.357 e. The lowest BCUT2D eigenvalue weighted by Gasteiger charge is -2.20. The van der Waals surface area contributed by atoms with Crippen molar-refractivity contribution >= 4 is 39.8 Å². The molecule has 0 heterocycles. The van der Waals surface area contributed by atoms with Crippen LogP contribution >= 0.6 is 24.0 Å². The van der Waals surface area contributed by atoms with E-state index >= 15 is 0 Å². The zero-order chi connectivity index (χ0) is 18.7. The molecule has 2 N–H and O–H groups in total. The normalized spacial score (nSPS) is 17.2. The van der Waals surface area contributed by atoms with Crippen molar-refractivity contribution in [2.45, 2.75) is 39.7 Å². The lowest BCUT2D eigenvalue weighted by molar-refractivity contribution is 0.548. The van der Waals surface area contributed by atoms with E-state index in [1.165, 1.54) is 12.3 Å². The molecule has 1 unspecified atom stereocenters. The minimum Gasteiger partial charge on any atom is -0.357 e. The van der Waals surface area contributed by atoms with E-state index in [0.717, 1.165) is 18.4 Å². The minimum atomic E-state index is -3.01. The number of rotatable bonds is 7. The van der Waals surface area contributed by atoms with Crippen molar-refractivity contribution in [2.24, 2.45) is 10.4 Å². The number of nitrogens with one attached hydrogen (secondary N) is 2. The highest BCUT2D eigenvalue weighted by atomic mass is 127. The number of hydrogen-bond acceptors (Lipinski definition) is 3. The van der Waals surface area contributed by atoms with Crippen molar-refractivity contribution in [1.82, 2.24) is 10.6 Å². The molecule has 1 aromatic rings. The smallest absolute Gasteiger partial charge is 0.191 e. The van der Waals surface area contributed by atoms with Crippen LogP contribution in [0.4, 0.5) is 4.39 Å². The zero-order valence-electron chi connectivity index (χ0n) is 15.8. The first kappa shape index (κ1) is 23.1. The van der Waals surface area contributed by atoms with Gasteiger partial charge in [-0.2, -0.15) is 0 Å². The fraction of sp³-hybridized carbons (Fsp3) is 0.611. The van der Waals surface area contributed by atoms with Crippen molar-refractivity contribution < 1.29 is 12.8 Å². The summed E-state index contributed by atoms with van der Waals surface area (Å²) in [5.74, 6) is 0.579. The van der Waals surface area contributed by atoms with Gasteiger partial charge in [0.1, 0.15) is 15.7 Å². The minimum absolute atomic E-state index is 0. The summed E-state index contributed by atoms with van der Waals surface area (Å²) < 4.78 is 36.9. The Hall–Kier alpha value is -0.900. The molecule has 1 aliphatic carbocycles. The van der Waals surface area contributed by atoms with E-state index in [1.807, 2.05) is 19.9 Å². The first-order valence-electron chi connectivity index (χ1n) is 8.63. The number of aliphatic imine (C=N–C) groups is 1. The Kier molecular flexibility index (Phi) is 8.32. The molecule has 1 saturated carbocycles. The van der Waals surface area contributed by atoms with Crippen molar-refractivity contribution in [3.63, 3.8) is 0 Å². The maximum atomic E-state index is 13.8. The standard InChI is InChI=1S/C18H28FN3O2S.HI/c1-5-20-17(21-11-18(8-9-18)12-25(4,23)24)22-14(3)15-7-6-13(2)16(19)10-15;/h6-7,10,14H,5,8-9,11-12H2,1-4H3,(H2,20,21,22);1H. The molecule has 0 radical (unpaired) electrons. The van der Waals surface area contributed by atoms with Gasteiger partial charge in [-0.05, 0) is 50.8 Å². The third-order valence-electron chi connectivity index (χ3n) is 4.49. The van der Waals surface area contributed by atoms with Gasteiger partial charge in [-0.25, -0.2) is 12.8 Å². The number of nitrogens with zero attached hydrogens (tertiary/aromatic N) is 1. The van der Waals surface area contributed by atoms with E-state index in [9.17, 15) is 12.8 Å². The maximum absolute atomic E-state index is 13.8. The second kappa shape index (κ2) is 9.34. The molecule has 2 rings (SSSR count). The van der Waals surface area contributed by atoms with E-state index in [1.54, 1.807) is 13.0 Å². The van der Waals surface area contributed by atoms with Crippen LogP contribution in [-0.4, -0.2) is 39.5 Å². The summed E-state index contributed by atoms with van der Waals surface area (Å²) in [6.07, 6.45) is 3.05. The van der Waals surface area contributed by atoms with Gasteiger partial charge in [0.25, 0.3) is 0 Å². The molecular weight excluding hydrogens is 468 g/mol. The Balaban J connectivity index is 0.00000338.